The first-order valence-corrected chi connectivity index (χ1v) is 7.46. The molecule has 3 heteroatoms. The van der Waals surface area contributed by atoms with Crippen molar-refractivity contribution < 1.29 is 4.74 Å². The molecule has 2 aromatic rings. The molecule has 18 heavy (non-hydrogen) atoms. The molecule has 0 spiro atoms. The maximum atomic E-state index is 6.64. The predicted molar refractivity (Wildman–Crippen MR) is 77.3 cm³/mol. The lowest BCUT2D eigenvalue weighted by molar-refractivity contribution is 0.290. The van der Waals surface area contributed by atoms with E-state index in [1.54, 1.807) is 18.4 Å². The highest BCUT2D eigenvalue weighted by Gasteiger charge is 2.32. The fourth-order valence-electron chi connectivity index (χ4n) is 3.08. The predicted octanol–water partition coefficient (Wildman–Crippen LogP) is 4.03. The molecule has 2 N–H and O–H groups in total. The minimum absolute atomic E-state index is 0.195. The van der Waals surface area contributed by atoms with E-state index in [0.717, 1.165) is 18.6 Å². The van der Waals surface area contributed by atoms with Crippen LogP contribution in [0.2, 0.25) is 0 Å². The van der Waals surface area contributed by atoms with E-state index >= 15 is 0 Å². The van der Waals surface area contributed by atoms with Gasteiger partial charge in [-0.05, 0) is 30.4 Å². The molecule has 1 aromatic carbocycles. The summed E-state index contributed by atoms with van der Waals surface area (Å²) in [7, 11) is 1.75. The van der Waals surface area contributed by atoms with Gasteiger partial charge < -0.3 is 10.5 Å². The fourth-order valence-corrected chi connectivity index (χ4v) is 3.87. The molecule has 0 amide bonds. The van der Waals surface area contributed by atoms with Gasteiger partial charge in [0.15, 0.2) is 0 Å². The number of methoxy groups -OCH3 is 1. The Morgan fingerprint density at radius 2 is 1.94 bits per heavy atom. The van der Waals surface area contributed by atoms with Crippen LogP contribution in [-0.2, 0) is 5.54 Å². The lowest BCUT2D eigenvalue weighted by Crippen LogP contribution is -2.38. The number of rotatable bonds is 2. The molecular weight excluding hydrogens is 242 g/mol. The summed E-state index contributed by atoms with van der Waals surface area (Å²) < 4.78 is 6.94. The van der Waals surface area contributed by atoms with Crippen molar-refractivity contribution in [1.82, 2.24) is 0 Å². The van der Waals surface area contributed by atoms with Gasteiger partial charge in [0.25, 0.3) is 0 Å². The number of ether oxygens (including phenoxy) is 1. The molecule has 1 saturated carbocycles. The van der Waals surface area contributed by atoms with E-state index in [2.05, 4.69) is 23.6 Å². The number of fused-ring (bicyclic) bond motifs is 1. The first-order chi connectivity index (χ1) is 8.74. The van der Waals surface area contributed by atoms with Crippen LogP contribution in [0.15, 0.2) is 23.6 Å². The highest BCUT2D eigenvalue weighted by atomic mass is 32.1. The van der Waals surface area contributed by atoms with E-state index in [0.29, 0.717) is 0 Å². The van der Waals surface area contributed by atoms with Crippen LogP contribution in [0, 0.1) is 0 Å². The van der Waals surface area contributed by atoms with Crippen molar-refractivity contribution in [2.45, 2.75) is 37.6 Å². The average Bonchev–Trinajstić information content (AvgIpc) is 2.86. The normalized spacial score (nSPS) is 19.0. The van der Waals surface area contributed by atoms with Crippen LogP contribution in [0.1, 0.15) is 37.7 Å². The summed E-state index contributed by atoms with van der Waals surface area (Å²) in [4.78, 5) is 0. The van der Waals surface area contributed by atoms with E-state index < -0.39 is 0 Å². The van der Waals surface area contributed by atoms with Crippen molar-refractivity contribution in [3.8, 4) is 5.75 Å². The molecule has 96 valence electrons. The summed E-state index contributed by atoms with van der Waals surface area (Å²) in [5.74, 6) is 0.984. The summed E-state index contributed by atoms with van der Waals surface area (Å²) in [5, 5.41) is 3.32. The Labute approximate surface area is 112 Å². The van der Waals surface area contributed by atoms with Gasteiger partial charge in [-0.15, -0.1) is 11.3 Å². The Hall–Kier alpha value is -1.06. The molecule has 0 bridgehead atoms. The number of hydrogen-bond donors (Lipinski definition) is 1. The van der Waals surface area contributed by atoms with Gasteiger partial charge in [0.1, 0.15) is 5.75 Å². The third-order valence-electron chi connectivity index (χ3n) is 4.07. The van der Waals surface area contributed by atoms with Gasteiger partial charge in [0.05, 0.1) is 7.11 Å². The highest BCUT2D eigenvalue weighted by molar-refractivity contribution is 7.17. The van der Waals surface area contributed by atoms with Crippen LogP contribution in [0.3, 0.4) is 0 Å². The Kier molecular flexibility index (Phi) is 3.04. The van der Waals surface area contributed by atoms with Crippen molar-refractivity contribution in [3.63, 3.8) is 0 Å². The largest absolute Gasteiger partial charge is 0.496 e. The van der Waals surface area contributed by atoms with Crippen LogP contribution in [0.25, 0.3) is 10.1 Å². The van der Waals surface area contributed by atoms with Gasteiger partial charge in [-0.3, -0.25) is 0 Å². The van der Waals surface area contributed by atoms with Crippen LogP contribution in [0.4, 0.5) is 0 Å². The molecule has 1 heterocycles. The SMILES string of the molecule is COc1c(C2(N)CCCCC2)ccc2sccc12. The van der Waals surface area contributed by atoms with Gasteiger partial charge in [-0.2, -0.15) is 0 Å². The third kappa shape index (κ3) is 1.82. The lowest BCUT2D eigenvalue weighted by atomic mass is 9.77. The fraction of sp³-hybridized carbons (Fsp3) is 0.467. The summed E-state index contributed by atoms with van der Waals surface area (Å²) >= 11 is 1.75. The zero-order valence-electron chi connectivity index (χ0n) is 10.7. The maximum Gasteiger partial charge on any atom is 0.132 e. The van der Waals surface area contributed by atoms with E-state index in [-0.39, 0.29) is 5.54 Å². The van der Waals surface area contributed by atoms with Crippen LogP contribution in [-0.4, -0.2) is 7.11 Å². The van der Waals surface area contributed by atoms with Gasteiger partial charge >= 0.3 is 0 Å². The molecule has 0 radical (unpaired) electrons. The maximum absolute atomic E-state index is 6.64. The standard InChI is InChI=1S/C15H19NOS/c1-17-14-11-7-10-18-13(11)6-5-12(14)15(16)8-3-2-4-9-15/h5-7,10H,2-4,8-9,16H2,1H3. The summed E-state index contributed by atoms with van der Waals surface area (Å²) in [6.07, 6.45) is 5.89. The van der Waals surface area contributed by atoms with Gasteiger partial charge in [0.2, 0.25) is 0 Å². The molecule has 0 saturated heterocycles. The Morgan fingerprint density at radius 1 is 1.17 bits per heavy atom. The number of benzene rings is 1. The van der Waals surface area contributed by atoms with Crippen molar-refractivity contribution in [2.24, 2.45) is 5.73 Å². The lowest BCUT2D eigenvalue weighted by Gasteiger charge is -2.35. The molecule has 1 aromatic heterocycles. The molecule has 3 rings (SSSR count). The van der Waals surface area contributed by atoms with E-state index in [1.807, 2.05) is 0 Å². The minimum Gasteiger partial charge on any atom is -0.496 e. The summed E-state index contributed by atoms with van der Waals surface area (Å²) in [6, 6.07) is 6.48. The topological polar surface area (TPSA) is 35.2 Å². The van der Waals surface area contributed by atoms with Gasteiger partial charge in [0, 0.05) is 21.2 Å². The van der Waals surface area contributed by atoms with Crippen molar-refractivity contribution in [3.05, 3.63) is 29.1 Å². The second-order valence-corrected chi connectivity index (χ2v) is 6.14. The summed E-state index contributed by atoms with van der Waals surface area (Å²) in [6.45, 7) is 0. The number of hydrogen-bond acceptors (Lipinski definition) is 3. The first-order valence-electron chi connectivity index (χ1n) is 6.58. The Morgan fingerprint density at radius 3 is 2.67 bits per heavy atom. The molecule has 1 aliphatic carbocycles. The van der Waals surface area contributed by atoms with Crippen LogP contribution in [0.5, 0.6) is 5.75 Å². The molecular formula is C15H19NOS. The first kappa shape index (κ1) is 12.0. The molecule has 0 unspecified atom stereocenters. The van der Waals surface area contributed by atoms with Crippen LogP contribution < -0.4 is 10.5 Å². The molecule has 0 aliphatic heterocycles. The van der Waals surface area contributed by atoms with Crippen molar-refractivity contribution in [2.75, 3.05) is 7.11 Å². The van der Waals surface area contributed by atoms with E-state index in [4.69, 9.17) is 10.5 Å². The van der Waals surface area contributed by atoms with Crippen LogP contribution >= 0.6 is 11.3 Å². The second-order valence-electron chi connectivity index (χ2n) is 5.20. The van der Waals surface area contributed by atoms with Crippen molar-refractivity contribution >= 4 is 21.4 Å². The minimum atomic E-state index is -0.195. The molecule has 0 atom stereocenters. The van der Waals surface area contributed by atoms with E-state index in [1.165, 1.54) is 34.9 Å². The van der Waals surface area contributed by atoms with E-state index in [9.17, 15) is 0 Å². The van der Waals surface area contributed by atoms with Crippen molar-refractivity contribution in [1.29, 1.82) is 0 Å². The number of nitrogens with two attached hydrogens (primary N) is 1. The monoisotopic (exact) mass is 261 g/mol. The van der Waals surface area contributed by atoms with Gasteiger partial charge in [-0.1, -0.05) is 25.3 Å². The number of thiophene rings is 1. The Bertz CT molecular complexity index is 555. The average molecular weight is 261 g/mol. The summed E-state index contributed by atoms with van der Waals surface area (Å²) in [5.41, 5.74) is 7.64. The second kappa shape index (κ2) is 4.56. The Balaban J connectivity index is 2.15. The van der Waals surface area contributed by atoms with Gasteiger partial charge in [-0.25, -0.2) is 0 Å². The zero-order chi connectivity index (χ0) is 12.6. The molecule has 1 aliphatic rings. The molecule has 2 nitrogen and oxygen atoms in total. The smallest absolute Gasteiger partial charge is 0.132 e. The zero-order valence-corrected chi connectivity index (χ0v) is 11.6. The molecule has 1 fully saturated rings. The third-order valence-corrected chi connectivity index (χ3v) is 4.95. The quantitative estimate of drug-likeness (QED) is 0.886. The highest BCUT2D eigenvalue weighted by Crippen LogP contribution is 2.43.